The SMILES string of the molecule is CCCCCCNCCn1nc(C)ccc1=O. The van der Waals surface area contributed by atoms with Gasteiger partial charge in [0.2, 0.25) is 0 Å². The molecule has 0 atom stereocenters. The van der Waals surface area contributed by atoms with E-state index in [9.17, 15) is 4.79 Å². The minimum Gasteiger partial charge on any atom is -0.315 e. The highest BCUT2D eigenvalue weighted by Crippen LogP contribution is 1.96. The normalized spacial score (nSPS) is 10.7. The van der Waals surface area contributed by atoms with Crippen molar-refractivity contribution in [1.29, 1.82) is 0 Å². The molecule has 96 valence electrons. The first-order valence-electron chi connectivity index (χ1n) is 6.49. The Morgan fingerprint density at radius 1 is 1.24 bits per heavy atom. The Hall–Kier alpha value is -1.16. The van der Waals surface area contributed by atoms with Crippen LogP contribution in [0, 0.1) is 6.92 Å². The van der Waals surface area contributed by atoms with Gasteiger partial charge in [-0.3, -0.25) is 4.79 Å². The van der Waals surface area contributed by atoms with Crippen LogP contribution in [-0.4, -0.2) is 22.9 Å². The molecule has 0 saturated heterocycles. The summed E-state index contributed by atoms with van der Waals surface area (Å²) in [4.78, 5) is 11.4. The minimum atomic E-state index is -0.0246. The second kappa shape index (κ2) is 8.01. The van der Waals surface area contributed by atoms with E-state index in [1.165, 1.54) is 30.4 Å². The molecular weight excluding hydrogens is 214 g/mol. The average molecular weight is 237 g/mol. The average Bonchev–Trinajstić information content (AvgIpc) is 2.32. The van der Waals surface area contributed by atoms with Crippen LogP contribution in [-0.2, 0) is 6.54 Å². The summed E-state index contributed by atoms with van der Waals surface area (Å²) in [6.07, 6.45) is 5.07. The molecule has 1 heterocycles. The van der Waals surface area contributed by atoms with E-state index in [1.54, 1.807) is 12.1 Å². The molecule has 0 bridgehead atoms. The van der Waals surface area contributed by atoms with E-state index < -0.39 is 0 Å². The van der Waals surface area contributed by atoms with E-state index in [4.69, 9.17) is 0 Å². The van der Waals surface area contributed by atoms with E-state index in [0.29, 0.717) is 6.54 Å². The van der Waals surface area contributed by atoms with Gasteiger partial charge in [-0.15, -0.1) is 0 Å². The van der Waals surface area contributed by atoms with Crippen molar-refractivity contribution < 1.29 is 0 Å². The third kappa shape index (κ3) is 5.63. The van der Waals surface area contributed by atoms with E-state index in [-0.39, 0.29) is 5.56 Å². The van der Waals surface area contributed by atoms with Gasteiger partial charge in [-0.25, -0.2) is 4.68 Å². The summed E-state index contributed by atoms with van der Waals surface area (Å²) >= 11 is 0. The number of rotatable bonds is 8. The summed E-state index contributed by atoms with van der Waals surface area (Å²) in [7, 11) is 0. The Morgan fingerprint density at radius 3 is 2.82 bits per heavy atom. The van der Waals surface area contributed by atoms with Gasteiger partial charge < -0.3 is 5.32 Å². The zero-order chi connectivity index (χ0) is 12.5. The van der Waals surface area contributed by atoms with E-state index >= 15 is 0 Å². The van der Waals surface area contributed by atoms with Crippen LogP contribution in [0.4, 0.5) is 0 Å². The molecule has 0 radical (unpaired) electrons. The van der Waals surface area contributed by atoms with Crippen LogP contribution < -0.4 is 10.9 Å². The molecule has 1 aromatic heterocycles. The van der Waals surface area contributed by atoms with Crippen molar-refractivity contribution in [1.82, 2.24) is 15.1 Å². The summed E-state index contributed by atoms with van der Waals surface area (Å²) < 4.78 is 1.52. The van der Waals surface area contributed by atoms with Crippen LogP contribution in [0.2, 0.25) is 0 Å². The largest absolute Gasteiger partial charge is 0.315 e. The second-order valence-corrected chi connectivity index (χ2v) is 4.35. The maximum Gasteiger partial charge on any atom is 0.266 e. The van der Waals surface area contributed by atoms with Crippen LogP contribution in [0.5, 0.6) is 0 Å². The number of nitrogens with one attached hydrogen (secondary N) is 1. The van der Waals surface area contributed by atoms with Gasteiger partial charge in [-0.2, -0.15) is 5.10 Å². The number of unbranched alkanes of at least 4 members (excludes halogenated alkanes) is 3. The molecule has 0 spiro atoms. The van der Waals surface area contributed by atoms with E-state index in [1.807, 2.05) is 6.92 Å². The number of hydrogen-bond acceptors (Lipinski definition) is 3. The topological polar surface area (TPSA) is 46.9 Å². The Kier molecular flexibility index (Phi) is 6.55. The van der Waals surface area contributed by atoms with Gasteiger partial charge in [0.1, 0.15) is 0 Å². The lowest BCUT2D eigenvalue weighted by molar-refractivity contribution is 0.514. The molecule has 4 heteroatoms. The first-order chi connectivity index (χ1) is 8.24. The van der Waals surface area contributed by atoms with Gasteiger partial charge in [0.05, 0.1) is 12.2 Å². The Balaban J connectivity index is 2.18. The molecule has 1 N–H and O–H groups in total. The molecule has 0 amide bonds. The summed E-state index contributed by atoms with van der Waals surface area (Å²) in [6.45, 7) is 6.59. The maximum absolute atomic E-state index is 11.4. The van der Waals surface area contributed by atoms with Crippen molar-refractivity contribution in [3.8, 4) is 0 Å². The van der Waals surface area contributed by atoms with Crippen molar-refractivity contribution in [2.45, 2.75) is 46.1 Å². The predicted octanol–water partition coefficient (Wildman–Crippen LogP) is 1.72. The molecule has 0 aliphatic carbocycles. The minimum absolute atomic E-state index is 0.0246. The fourth-order valence-corrected chi connectivity index (χ4v) is 1.70. The van der Waals surface area contributed by atoms with Gasteiger partial charge in [0.25, 0.3) is 5.56 Å². The highest BCUT2D eigenvalue weighted by Gasteiger charge is 1.97. The van der Waals surface area contributed by atoms with Gasteiger partial charge in [-0.1, -0.05) is 26.2 Å². The van der Waals surface area contributed by atoms with Crippen molar-refractivity contribution in [2.75, 3.05) is 13.1 Å². The quantitative estimate of drug-likeness (QED) is 0.700. The van der Waals surface area contributed by atoms with Crippen molar-refractivity contribution in [3.05, 3.63) is 28.2 Å². The Labute approximate surface area is 103 Å². The molecular formula is C13H23N3O. The van der Waals surface area contributed by atoms with Crippen molar-refractivity contribution in [2.24, 2.45) is 0 Å². The van der Waals surface area contributed by atoms with Gasteiger partial charge in [-0.05, 0) is 26.0 Å². The van der Waals surface area contributed by atoms with Crippen LogP contribution in [0.1, 0.15) is 38.3 Å². The molecule has 0 aliphatic heterocycles. The van der Waals surface area contributed by atoms with Crippen LogP contribution >= 0.6 is 0 Å². The molecule has 0 aromatic carbocycles. The van der Waals surface area contributed by atoms with Crippen molar-refractivity contribution >= 4 is 0 Å². The monoisotopic (exact) mass is 237 g/mol. The summed E-state index contributed by atoms with van der Waals surface area (Å²) in [5.74, 6) is 0. The number of hydrogen-bond donors (Lipinski definition) is 1. The predicted molar refractivity (Wildman–Crippen MR) is 70.2 cm³/mol. The van der Waals surface area contributed by atoms with E-state index in [2.05, 4.69) is 17.3 Å². The summed E-state index contributed by atoms with van der Waals surface area (Å²) in [5, 5.41) is 7.52. The standard InChI is InChI=1S/C13H23N3O/c1-3-4-5-6-9-14-10-11-16-13(17)8-7-12(2)15-16/h7-8,14H,3-6,9-11H2,1-2H3. The van der Waals surface area contributed by atoms with Crippen LogP contribution in [0.15, 0.2) is 16.9 Å². The number of nitrogens with zero attached hydrogens (tertiary/aromatic N) is 2. The molecule has 17 heavy (non-hydrogen) atoms. The maximum atomic E-state index is 11.4. The van der Waals surface area contributed by atoms with Crippen LogP contribution in [0.25, 0.3) is 0 Å². The van der Waals surface area contributed by atoms with Gasteiger partial charge in [0, 0.05) is 12.6 Å². The number of aryl methyl sites for hydroxylation is 1. The molecule has 4 nitrogen and oxygen atoms in total. The summed E-state index contributed by atoms with van der Waals surface area (Å²) in [5.41, 5.74) is 0.857. The second-order valence-electron chi connectivity index (χ2n) is 4.35. The lowest BCUT2D eigenvalue weighted by Gasteiger charge is -2.06. The first-order valence-corrected chi connectivity index (χ1v) is 6.49. The van der Waals surface area contributed by atoms with Crippen molar-refractivity contribution in [3.63, 3.8) is 0 Å². The van der Waals surface area contributed by atoms with Crippen LogP contribution in [0.3, 0.4) is 0 Å². The molecule has 0 fully saturated rings. The molecule has 1 rings (SSSR count). The molecule has 0 saturated carbocycles. The zero-order valence-corrected chi connectivity index (χ0v) is 10.9. The summed E-state index contributed by atoms with van der Waals surface area (Å²) in [6, 6.07) is 3.32. The lowest BCUT2D eigenvalue weighted by atomic mass is 10.2. The third-order valence-corrected chi connectivity index (χ3v) is 2.71. The molecule has 0 aliphatic rings. The Bertz CT molecular complexity index is 373. The fraction of sp³-hybridized carbons (Fsp3) is 0.692. The smallest absolute Gasteiger partial charge is 0.266 e. The third-order valence-electron chi connectivity index (χ3n) is 2.71. The lowest BCUT2D eigenvalue weighted by Crippen LogP contribution is -2.29. The van der Waals surface area contributed by atoms with E-state index in [0.717, 1.165) is 18.8 Å². The van der Waals surface area contributed by atoms with Gasteiger partial charge in [0.15, 0.2) is 0 Å². The Morgan fingerprint density at radius 2 is 2.06 bits per heavy atom. The highest BCUT2D eigenvalue weighted by molar-refractivity contribution is 4.96. The van der Waals surface area contributed by atoms with Gasteiger partial charge >= 0.3 is 0 Å². The number of aromatic nitrogens is 2. The zero-order valence-electron chi connectivity index (χ0n) is 10.9. The highest BCUT2D eigenvalue weighted by atomic mass is 16.1. The first kappa shape index (κ1) is 13.9. The molecule has 0 unspecified atom stereocenters. The molecule has 1 aromatic rings. The fourth-order valence-electron chi connectivity index (χ4n) is 1.70.